The molecule has 6 nitrogen and oxygen atoms in total. The molecule has 31 heavy (non-hydrogen) atoms. The molecule has 1 heterocycles. The SMILES string of the molecule is Cc1nc(-c2ccccc2)nc(-c2ccc(F)cc2)c1/C=C/C(O)CC(O)CC(=O)O. The third-order valence-corrected chi connectivity index (χ3v) is 4.69. The molecule has 3 rings (SSSR count). The van der Waals surface area contributed by atoms with Crippen LogP contribution in [-0.2, 0) is 4.79 Å². The monoisotopic (exact) mass is 422 g/mol. The third-order valence-electron chi connectivity index (χ3n) is 4.69. The predicted octanol–water partition coefficient (Wildman–Crippen LogP) is 3.86. The van der Waals surface area contributed by atoms with Crippen LogP contribution in [0.4, 0.5) is 4.39 Å². The van der Waals surface area contributed by atoms with Gasteiger partial charge in [-0.15, -0.1) is 0 Å². The summed E-state index contributed by atoms with van der Waals surface area (Å²) in [4.78, 5) is 20.0. The van der Waals surface area contributed by atoms with Gasteiger partial charge in [-0.1, -0.05) is 42.5 Å². The summed E-state index contributed by atoms with van der Waals surface area (Å²) in [5, 5.41) is 28.7. The number of hydrogen-bond donors (Lipinski definition) is 3. The number of aliphatic carboxylic acids is 1. The zero-order valence-electron chi connectivity index (χ0n) is 16.9. The Balaban J connectivity index is 1.98. The van der Waals surface area contributed by atoms with Crippen molar-refractivity contribution in [2.45, 2.75) is 32.0 Å². The van der Waals surface area contributed by atoms with Crippen molar-refractivity contribution in [3.63, 3.8) is 0 Å². The molecule has 0 radical (unpaired) electrons. The molecule has 0 aliphatic carbocycles. The molecule has 2 unspecified atom stereocenters. The van der Waals surface area contributed by atoms with Crippen molar-refractivity contribution < 1.29 is 24.5 Å². The maximum Gasteiger partial charge on any atom is 0.305 e. The topological polar surface area (TPSA) is 104 Å². The van der Waals surface area contributed by atoms with E-state index in [0.29, 0.717) is 28.3 Å². The van der Waals surface area contributed by atoms with E-state index in [0.717, 1.165) is 5.56 Å². The highest BCUT2D eigenvalue weighted by molar-refractivity contribution is 5.75. The quantitative estimate of drug-likeness (QED) is 0.509. The normalized spacial score (nSPS) is 13.3. The van der Waals surface area contributed by atoms with Gasteiger partial charge in [-0.25, -0.2) is 14.4 Å². The average molecular weight is 422 g/mol. The molecule has 2 aromatic carbocycles. The van der Waals surface area contributed by atoms with E-state index in [1.165, 1.54) is 18.2 Å². The van der Waals surface area contributed by atoms with Gasteiger partial charge in [-0.3, -0.25) is 4.79 Å². The number of aromatic nitrogens is 2. The Morgan fingerprint density at radius 2 is 1.71 bits per heavy atom. The first-order chi connectivity index (χ1) is 14.8. The van der Waals surface area contributed by atoms with Gasteiger partial charge in [0.05, 0.1) is 24.3 Å². The molecule has 0 aliphatic heterocycles. The first-order valence-electron chi connectivity index (χ1n) is 9.79. The molecule has 0 fully saturated rings. The van der Waals surface area contributed by atoms with Gasteiger partial charge in [0.15, 0.2) is 5.82 Å². The third kappa shape index (κ3) is 6.04. The van der Waals surface area contributed by atoms with Crippen LogP contribution in [0, 0.1) is 12.7 Å². The highest BCUT2D eigenvalue weighted by Gasteiger charge is 2.16. The maximum atomic E-state index is 13.4. The molecule has 3 aromatic rings. The number of hydrogen-bond acceptors (Lipinski definition) is 5. The highest BCUT2D eigenvalue weighted by atomic mass is 19.1. The van der Waals surface area contributed by atoms with Gasteiger partial charge in [-0.05, 0) is 31.2 Å². The van der Waals surface area contributed by atoms with E-state index in [9.17, 15) is 19.4 Å². The predicted molar refractivity (Wildman–Crippen MR) is 116 cm³/mol. The first kappa shape index (κ1) is 22.3. The van der Waals surface area contributed by atoms with Gasteiger partial charge in [0.25, 0.3) is 0 Å². The molecule has 0 saturated heterocycles. The van der Waals surface area contributed by atoms with E-state index in [1.807, 2.05) is 37.3 Å². The van der Waals surface area contributed by atoms with Crippen LogP contribution < -0.4 is 0 Å². The summed E-state index contributed by atoms with van der Waals surface area (Å²) in [6.07, 6.45) is 0.332. The fraction of sp³-hybridized carbons (Fsp3) is 0.208. The van der Waals surface area contributed by atoms with E-state index in [2.05, 4.69) is 9.97 Å². The summed E-state index contributed by atoms with van der Waals surface area (Å²) in [7, 11) is 0. The largest absolute Gasteiger partial charge is 0.481 e. The van der Waals surface area contributed by atoms with E-state index in [4.69, 9.17) is 5.11 Å². The summed E-state index contributed by atoms with van der Waals surface area (Å²) in [6, 6.07) is 15.4. The number of aryl methyl sites for hydroxylation is 1. The van der Waals surface area contributed by atoms with Crippen molar-refractivity contribution in [1.82, 2.24) is 9.97 Å². The van der Waals surface area contributed by atoms with Crippen LogP contribution in [0.15, 0.2) is 60.7 Å². The van der Waals surface area contributed by atoms with E-state index < -0.39 is 24.6 Å². The minimum atomic E-state index is -1.16. The van der Waals surface area contributed by atoms with Crippen LogP contribution in [0.3, 0.4) is 0 Å². The van der Waals surface area contributed by atoms with Crippen molar-refractivity contribution in [2.75, 3.05) is 0 Å². The molecule has 2 atom stereocenters. The number of nitrogens with zero attached hydrogens (tertiary/aromatic N) is 2. The molecule has 160 valence electrons. The standard InChI is InChI=1S/C24H23FN2O4/c1-15-21(12-11-19(28)13-20(29)14-22(30)31)23(16-7-9-18(25)10-8-16)27-24(26-15)17-5-3-2-4-6-17/h2-12,19-20,28-29H,13-14H2,1H3,(H,30,31)/b12-11+. The van der Waals surface area contributed by atoms with Gasteiger partial charge in [-0.2, -0.15) is 0 Å². The zero-order chi connectivity index (χ0) is 22.4. The van der Waals surface area contributed by atoms with Gasteiger partial charge in [0.1, 0.15) is 5.82 Å². The van der Waals surface area contributed by atoms with E-state index in [-0.39, 0.29) is 12.2 Å². The lowest BCUT2D eigenvalue weighted by atomic mass is 10.0. The number of benzene rings is 2. The molecule has 0 saturated carbocycles. The van der Waals surface area contributed by atoms with Gasteiger partial charge in [0.2, 0.25) is 0 Å². The molecule has 0 bridgehead atoms. The lowest BCUT2D eigenvalue weighted by Gasteiger charge is -2.13. The molecule has 0 aliphatic rings. The molecule has 1 aromatic heterocycles. The van der Waals surface area contributed by atoms with Crippen LogP contribution >= 0.6 is 0 Å². The molecule has 7 heteroatoms. The Hall–Kier alpha value is -3.42. The van der Waals surface area contributed by atoms with Gasteiger partial charge >= 0.3 is 5.97 Å². The number of rotatable bonds is 8. The molecule has 3 N–H and O–H groups in total. The highest BCUT2D eigenvalue weighted by Crippen LogP contribution is 2.28. The van der Waals surface area contributed by atoms with Crippen LogP contribution in [0.5, 0.6) is 0 Å². The summed E-state index contributed by atoms with van der Waals surface area (Å²) in [5.41, 5.74) is 3.38. The summed E-state index contributed by atoms with van der Waals surface area (Å²) < 4.78 is 13.4. The summed E-state index contributed by atoms with van der Waals surface area (Å²) in [6.45, 7) is 1.81. The second-order valence-corrected chi connectivity index (χ2v) is 7.18. The van der Waals surface area contributed by atoms with Crippen LogP contribution in [0.1, 0.15) is 24.1 Å². The average Bonchev–Trinajstić information content (AvgIpc) is 2.73. The number of carboxylic acids is 1. The fourth-order valence-corrected chi connectivity index (χ4v) is 3.17. The molecule has 0 spiro atoms. The number of carbonyl (C=O) groups is 1. The van der Waals surface area contributed by atoms with Crippen LogP contribution in [0.2, 0.25) is 0 Å². The van der Waals surface area contributed by atoms with Crippen LogP contribution in [-0.4, -0.2) is 43.5 Å². The number of carboxylic acid groups (broad SMARTS) is 1. The van der Waals surface area contributed by atoms with Crippen LogP contribution in [0.25, 0.3) is 28.7 Å². The minimum Gasteiger partial charge on any atom is -0.481 e. The van der Waals surface area contributed by atoms with E-state index >= 15 is 0 Å². The van der Waals surface area contributed by atoms with E-state index in [1.54, 1.807) is 18.2 Å². The van der Waals surface area contributed by atoms with Crippen molar-refractivity contribution in [1.29, 1.82) is 0 Å². The maximum absolute atomic E-state index is 13.4. The summed E-state index contributed by atoms with van der Waals surface area (Å²) >= 11 is 0. The number of halogens is 1. The number of aliphatic hydroxyl groups excluding tert-OH is 2. The Kier molecular flexibility index (Phi) is 7.23. The first-order valence-corrected chi connectivity index (χ1v) is 9.79. The Labute approximate surface area is 179 Å². The lowest BCUT2D eigenvalue weighted by Crippen LogP contribution is -2.19. The molecule has 0 amide bonds. The minimum absolute atomic E-state index is 0.114. The second-order valence-electron chi connectivity index (χ2n) is 7.18. The Morgan fingerprint density at radius 1 is 1.03 bits per heavy atom. The number of aliphatic hydroxyl groups is 2. The smallest absolute Gasteiger partial charge is 0.305 e. The van der Waals surface area contributed by atoms with Crippen molar-refractivity contribution >= 4 is 12.0 Å². The van der Waals surface area contributed by atoms with Gasteiger partial charge in [0, 0.05) is 28.8 Å². The lowest BCUT2D eigenvalue weighted by molar-refractivity contribution is -0.139. The Morgan fingerprint density at radius 3 is 2.35 bits per heavy atom. The van der Waals surface area contributed by atoms with Gasteiger partial charge < -0.3 is 15.3 Å². The second kappa shape index (κ2) is 10.1. The fourth-order valence-electron chi connectivity index (χ4n) is 3.17. The van der Waals surface area contributed by atoms with Crippen molar-refractivity contribution in [3.05, 3.63) is 77.7 Å². The molecular formula is C24H23FN2O4. The Bertz CT molecular complexity index is 1070. The molecular weight excluding hydrogens is 399 g/mol. The van der Waals surface area contributed by atoms with Crippen molar-refractivity contribution in [2.24, 2.45) is 0 Å². The summed E-state index contributed by atoms with van der Waals surface area (Å²) in [5.74, 6) is -0.979. The van der Waals surface area contributed by atoms with Crippen molar-refractivity contribution in [3.8, 4) is 22.6 Å². The zero-order valence-corrected chi connectivity index (χ0v) is 16.9.